The summed E-state index contributed by atoms with van der Waals surface area (Å²) >= 11 is 1.77. The molecule has 0 saturated heterocycles. The van der Waals surface area contributed by atoms with Crippen LogP contribution >= 0.6 is 11.3 Å². The van der Waals surface area contributed by atoms with Crippen molar-refractivity contribution in [3.8, 4) is 43.5 Å². The van der Waals surface area contributed by atoms with Crippen LogP contribution in [-0.2, 0) is 0 Å². The Hall–Kier alpha value is -3.95. The number of thiophene rings is 1. The first-order valence-electron chi connectivity index (χ1n) is 10.6. The van der Waals surface area contributed by atoms with E-state index in [1.165, 1.54) is 32.3 Å². The molecule has 0 spiro atoms. The van der Waals surface area contributed by atoms with Crippen LogP contribution in [0.25, 0.3) is 54.2 Å². The van der Waals surface area contributed by atoms with E-state index in [2.05, 4.69) is 96.0 Å². The molecule has 0 unspecified atom stereocenters. The molecule has 0 N–H and O–H groups in total. The lowest BCUT2D eigenvalue weighted by molar-refractivity contribution is 0.574. The van der Waals surface area contributed by atoms with Gasteiger partial charge in [0.05, 0.1) is 4.88 Å². The van der Waals surface area contributed by atoms with Crippen LogP contribution in [-0.4, -0.2) is 4.98 Å². The van der Waals surface area contributed by atoms with Gasteiger partial charge in [-0.25, -0.2) is 4.98 Å². The van der Waals surface area contributed by atoms with Gasteiger partial charge in [0, 0.05) is 26.8 Å². The molecule has 2 heterocycles. The van der Waals surface area contributed by atoms with E-state index < -0.39 is 0 Å². The van der Waals surface area contributed by atoms with E-state index in [0.717, 1.165) is 21.9 Å². The van der Waals surface area contributed by atoms with Gasteiger partial charge in [-0.3, -0.25) is 0 Å². The van der Waals surface area contributed by atoms with Gasteiger partial charge in [-0.1, -0.05) is 109 Å². The van der Waals surface area contributed by atoms with E-state index in [0.29, 0.717) is 0 Å². The summed E-state index contributed by atoms with van der Waals surface area (Å²) in [6, 6.07) is 38.0. The van der Waals surface area contributed by atoms with Crippen LogP contribution in [0, 0.1) is 0 Å². The Kier molecular flexibility index (Phi) is 4.67. The number of rotatable bonds is 4. The molecule has 0 aliphatic heterocycles. The van der Waals surface area contributed by atoms with Gasteiger partial charge in [0.2, 0.25) is 0 Å². The third-order valence-corrected chi connectivity index (χ3v) is 6.95. The van der Waals surface area contributed by atoms with Crippen molar-refractivity contribution >= 4 is 22.1 Å². The first-order valence-corrected chi connectivity index (χ1v) is 11.4. The maximum absolute atomic E-state index is 5.98. The monoisotopic (exact) mass is 429 g/mol. The lowest BCUT2D eigenvalue weighted by Gasteiger charge is -2.09. The number of nitrogens with zero attached hydrogens (tertiary/aromatic N) is 1. The fraction of sp³-hybridized carbons (Fsp3) is 0. The lowest BCUT2D eigenvalue weighted by Crippen LogP contribution is -1.82. The number of oxazole rings is 1. The average molecular weight is 430 g/mol. The number of fused-ring (bicyclic) bond motifs is 1. The van der Waals surface area contributed by atoms with Gasteiger partial charge < -0.3 is 4.42 Å². The Morgan fingerprint density at radius 3 is 1.81 bits per heavy atom. The molecular weight excluding hydrogens is 410 g/mol. The van der Waals surface area contributed by atoms with E-state index in [-0.39, 0.29) is 0 Å². The van der Waals surface area contributed by atoms with Crippen LogP contribution in [0.1, 0.15) is 0 Å². The van der Waals surface area contributed by atoms with Crippen molar-refractivity contribution in [1.82, 2.24) is 4.98 Å². The van der Waals surface area contributed by atoms with Crippen molar-refractivity contribution < 1.29 is 4.42 Å². The highest BCUT2D eigenvalue weighted by molar-refractivity contribution is 7.21. The summed E-state index contributed by atoms with van der Waals surface area (Å²) in [4.78, 5) is 6.90. The summed E-state index contributed by atoms with van der Waals surface area (Å²) in [6.45, 7) is 0. The average Bonchev–Trinajstić information content (AvgIpc) is 3.50. The molecule has 0 fully saturated rings. The van der Waals surface area contributed by atoms with Crippen molar-refractivity contribution in [3.05, 3.63) is 116 Å². The van der Waals surface area contributed by atoms with Crippen molar-refractivity contribution in [2.75, 3.05) is 0 Å². The highest BCUT2D eigenvalue weighted by Crippen LogP contribution is 2.48. The molecule has 0 atom stereocenters. The number of hydrogen-bond acceptors (Lipinski definition) is 3. The van der Waals surface area contributed by atoms with Crippen LogP contribution in [0.2, 0.25) is 0 Å². The van der Waals surface area contributed by atoms with Gasteiger partial charge in [0.15, 0.2) is 12.2 Å². The summed E-state index contributed by atoms with van der Waals surface area (Å²) in [7, 11) is 0. The Morgan fingerprint density at radius 1 is 0.531 bits per heavy atom. The molecule has 0 saturated carbocycles. The predicted octanol–water partition coefficient (Wildman–Crippen LogP) is 8.56. The first-order chi connectivity index (χ1) is 15.9. The third-order valence-electron chi connectivity index (χ3n) is 5.70. The fourth-order valence-corrected chi connectivity index (χ4v) is 5.52. The van der Waals surface area contributed by atoms with E-state index >= 15 is 0 Å². The van der Waals surface area contributed by atoms with Gasteiger partial charge in [0.1, 0.15) is 5.69 Å². The predicted molar refractivity (Wildman–Crippen MR) is 134 cm³/mol. The van der Waals surface area contributed by atoms with Crippen LogP contribution in [0.15, 0.2) is 120 Å². The molecule has 152 valence electrons. The van der Waals surface area contributed by atoms with Gasteiger partial charge in [-0.2, -0.15) is 0 Å². The minimum atomic E-state index is 0.820. The Bertz CT molecular complexity index is 1510. The second kappa shape index (κ2) is 7.95. The molecule has 0 bridgehead atoms. The molecule has 3 heteroatoms. The van der Waals surface area contributed by atoms with Gasteiger partial charge in [0.25, 0.3) is 0 Å². The zero-order valence-corrected chi connectivity index (χ0v) is 18.0. The topological polar surface area (TPSA) is 26.0 Å². The zero-order valence-electron chi connectivity index (χ0n) is 17.2. The lowest BCUT2D eigenvalue weighted by atomic mass is 9.97. The summed E-state index contributed by atoms with van der Waals surface area (Å²) in [5, 5.41) is 2.41. The number of benzene rings is 4. The minimum absolute atomic E-state index is 0.820. The Labute approximate surface area is 190 Å². The van der Waals surface area contributed by atoms with Crippen LogP contribution in [0.4, 0.5) is 0 Å². The molecule has 32 heavy (non-hydrogen) atoms. The first kappa shape index (κ1) is 18.8. The van der Waals surface area contributed by atoms with E-state index in [1.54, 1.807) is 17.7 Å². The second-order valence-electron chi connectivity index (χ2n) is 7.61. The summed E-state index contributed by atoms with van der Waals surface area (Å²) in [5.41, 5.74) is 5.60. The Balaban J connectivity index is 1.60. The molecule has 6 rings (SSSR count). The van der Waals surface area contributed by atoms with Crippen molar-refractivity contribution in [1.29, 1.82) is 0 Å². The molecule has 6 aromatic rings. The molecule has 0 amide bonds. The maximum atomic E-state index is 5.98. The summed E-state index contributed by atoms with van der Waals surface area (Å²) < 4.78 is 5.98. The Morgan fingerprint density at radius 2 is 1.09 bits per heavy atom. The van der Waals surface area contributed by atoms with Crippen LogP contribution in [0.5, 0.6) is 0 Å². The fourth-order valence-electron chi connectivity index (χ4n) is 4.22. The summed E-state index contributed by atoms with van der Waals surface area (Å²) in [5.74, 6) is 0.820. The number of aromatic nitrogens is 1. The molecule has 0 radical (unpaired) electrons. The second-order valence-corrected chi connectivity index (χ2v) is 8.63. The maximum Gasteiger partial charge on any atom is 0.182 e. The SMILES string of the molecule is c1ccc(-c2ccccc2-c2sc(-c3ocnc3-c3ccccc3)c3ccccc23)cc1. The highest BCUT2D eigenvalue weighted by Gasteiger charge is 2.21. The van der Waals surface area contributed by atoms with E-state index in [1.807, 2.05) is 18.2 Å². The molecular formula is C29H19NOS. The molecule has 4 aromatic carbocycles. The van der Waals surface area contributed by atoms with E-state index in [4.69, 9.17) is 4.42 Å². The summed E-state index contributed by atoms with van der Waals surface area (Å²) in [6.07, 6.45) is 1.55. The largest absolute Gasteiger partial charge is 0.442 e. The normalized spacial score (nSPS) is 11.1. The van der Waals surface area contributed by atoms with Crippen LogP contribution < -0.4 is 0 Å². The molecule has 0 aliphatic rings. The standard InChI is InChI=1S/C29H19NOS/c1-3-11-20(12-4-1)22-15-7-8-16-23(22)28-24-17-9-10-18-25(24)29(32-28)27-26(30-19-31-27)21-13-5-2-6-14-21/h1-19H. The highest BCUT2D eigenvalue weighted by atomic mass is 32.1. The van der Waals surface area contributed by atoms with Crippen molar-refractivity contribution in [3.63, 3.8) is 0 Å². The molecule has 0 aliphatic carbocycles. The van der Waals surface area contributed by atoms with Gasteiger partial charge in [-0.15, -0.1) is 11.3 Å². The van der Waals surface area contributed by atoms with Gasteiger partial charge >= 0.3 is 0 Å². The zero-order chi connectivity index (χ0) is 21.3. The van der Waals surface area contributed by atoms with Gasteiger partial charge in [-0.05, 0) is 11.1 Å². The smallest absolute Gasteiger partial charge is 0.182 e. The minimum Gasteiger partial charge on any atom is -0.442 e. The van der Waals surface area contributed by atoms with Crippen molar-refractivity contribution in [2.24, 2.45) is 0 Å². The molecule has 2 aromatic heterocycles. The van der Waals surface area contributed by atoms with Crippen LogP contribution in [0.3, 0.4) is 0 Å². The van der Waals surface area contributed by atoms with Crippen molar-refractivity contribution in [2.45, 2.75) is 0 Å². The van der Waals surface area contributed by atoms with E-state index in [9.17, 15) is 0 Å². The number of hydrogen-bond donors (Lipinski definition) is 0. The molecule has 2 nitrogen and oxygen atoms in total. The quantitative estimate of drug-likeness (QED) is 0.280. The third kappa shape index (κ3) is 3.15.